The quantitative estimate of drug-likeness (QED) is 0.0771. The molecule has 246 valence electrons. The van der Waals surface area contributed by atoms with Crippen LogP contribution in [0.25, 0.3) is 0 Å². The van der Waals surface area contributed by atoms with Crippen LogP contribution in [0, 0.1) is 0 Å². The van der Waals surface area contributed by atoms with Crippen molar-refractivity contribution in [3.05, 3.63) is 12.8 Å². The summed E-state index contributed by atoms with van der Waals surface area (Å²) in [4.78, 5) is 0. The van der Waals surface area contributed by atoms with Gasteiger partial charge in [-0.3, -0.25) is 0 Å². The van der Waals surface area contributed by atoms with Gasteiger partial charge >= 0.3 is 0 Å². The molecule has 0 radical (unpaired) electrons. The first-order chi connectivity index (χ1) is 20.4. The molecule has 0 bridgehead atoms. The summed E-state index contributed by atoms with van der Waals surface area (Å²) in [5.41, 5.74) is 0. The van der Waals surface area contributed by atoms with E-state index in [9.17, 15) is 0 Å². The average Bonchev–Trinajstić information content (AvgIpc) is 2.98. The van der Waals surface area contributed by atoms with Crippen LogP contribution in [-0.4, -0.2) is 139 Å². The summed E-state index contributed by atoms with van der Waals surface area (Å²) in [5, 5.41) is 0. The van der Waals surface area contributed by atoms with Gasteiger partial charge in [0.2, 0.25) is 0 Å². The minimum absolute atomic E-state index is 0.506. The molecule has 0 N–H and O–H groups in total. The number of hydrogen-bond donors (Lipinski definition) is 0. The Morgan fingerprint density at radius 1 is 0.317 bits per heavy atom. The Kier molecular flexibility index (Phi) is 38.3. The van der Waals surface area contributed by atoms with Gasteiger partial charge in [0.05, 0.1) is 132 Å². The van der Waals surface area contributed by atoms with E-state index in [2.05, 4.69) is 13.5 Å². The zero-order valence-electron chi connectivity index (χ0n) is 25.9. The van der Waals surface area contributed by atoms with E-state index in [1.54, 1.807) is 0 Å². The molecule has 11 nitrogen and oxygen atoms in total. The van der Waals surface area contributed by atoms with Crippen LogP contribution >= 0.6 is 0 Å². The first kappa shape index (κ1) is 40.1. The standard InChI is InChI=1S/C30H60O11/c1-3-5-6-7-8-9-10-32-13-14-34-17-18-36-21-22-38-25-26-40-29-30-41-28-27-39-24-23-37-20-19-35-16-15-33-12-11-31-4-2/h4H,2-3,5-30H2,1H3. The van der Waals surface area contributed by atoms with Gasteiger partial charge in [0.25, 0.3) is 0 Å². The molecule has 0 spiro atoms. The average molecular weight is 597 g/mol. The van der Waals surface area contributed by atoms with Crippen LogP contribution in [0.3, 0.4) is 0 Å². The maximum absolute atomic E-state index is 5.58. The van der Waals surface area contributed by atoms with Crippen molar-refractivity contribution < 1.29 is 52.1 Å². The molecular formula is C30H60O11. The maximum Gasteiger partial charge on any atom is 0.111 e. The van der Waals surface area contributed by atoms with Gasteiger partial charge in [-0.25, -0.2) is 0 Å². The van der Waals surface area contributed by atoms with Crippen LogP contribution in [0.5, 0.6) is 0 Å². The van der Waals surface area contributed by atoms with E-state index in [-0.39, 0.29) is 0 Å². The highest BCUT2D eigenvalue weighted by atomic mass is 16.6. The molecule has 0 aliphatic heterocycles. The van der Waals surface area contributed by atoms with Gasteiger partial charge in [-0.2, -0.15) is 0 Å². The normalized spacial score (nSPS) is 11.3. The van der Waals surface area contributed by atoms with E-state index < -0.39 is 0 Å². The van der Waals surface area contributed by atoms with Gasteiger partial charge in [0, 0.05) is 6.61 Å². The lowest BCUT2D eigenvalue weighted by Crippen LogP contribution is -2.15. The van der Waals surface area contributed by atoms with Gasteiger partial charge in [0.1, 0.15) is 6.61 Å². The van der Waals surface area contributed by atoms with Crippen LogP contribution in [-0.2, 0) is 52.1 Å². The lowest BCUT2D eigenvalue weighted by molar-refractivity contribution is -0.0269. The van der Waals surface area contributed by atoms with Gasteiger partial charge in [-0.05, 0) is 6.42 Å². The van der Waals surface area contributed by atoms with Crippen molar-refractivity contribution in [2.45, 2.75) is 45.4 Å². The minimum Gasteiger partial charge on any atom is -0.499 e. The van der Waals surface area contributed by atoms with E-state index in [0.29, 0.717) is 132 Å². The second kappa shape index (κ2) is 39.1. The van der Waals surface area contributed by atoms with Gasteiger partial charge in [-0.1, -0.05) is 45.6 Å². The summed E-state index contributed by atoms with van der Waals surface area (Å²) in [6.45, 7) is 17.4. The molecule has 0 aromatic heterocycles. The highest BCUT2D eigenvalue weighted by Crippen LogP contribution is 2.04. The van der Waals surface area contributed by atoms with E-state index in [1.165, 1.54) is 38.4 Å². The summed E-state index contributed by atoms with van der Waals surface area (Å²) < 4.78 is 59.6. The molecular weight excluding hydrogens is 536 g/mol. The van der Waals surface area contributed by atoms with Gasteiger partial charge < -0.3 is 52.1 Å². The molecule has 0 saturated carbocycles. The number of unbranched alkanes of at least 4 members (excludes halogenated alkanes) is 5. The summed E-state index contributed by atoms with van der Waals surface area (Å²) in [6, 6.07) is 0. The molecule has 11 heteroatoms. The fourth-order valence-electron chi connectivity index (χ4n) is 3.26. The van der Waals surface area contributed by atoms with Crippen molar-refractivity contribution >= 4 is 0 Å². The van der Waals surface area contributed by atoms with E-state index in [1.807, 2.05) is 0 Å². The van der Waals surface area contributed by atoms with Crippen molar-refractivity contribution in [3.8, 4) is 0 Å². The van der Waals surface area contributed by atoms with Crippen LogP contribution in [0.1, 0.15) is 45.4 Å². The topological polar surface area (TPSA) is 102 Å². The van der Waals surface area contributed by atoms with Crippen molar-refractivity contribution in [3.63, 3.8) is 0 Å². The molecule has 41 heavy (non-hydrogen) atoms. The largest absolute Gasteiger partial charge is 0.499 e. The summed E-state index contributed by atoms with van der Waals surface area (Å²) >= 11 is 0. The fourth-order valence-corrected chi connectivity index (χ4v) is 3.26. The predicted molar refractivity (Wildman–Crippen MR) is 158 cm³/mol. The molecule has 0 rings (SSSR count). The van der Waals surface area contributed by atoms with E-state index in [4.69, 9.17) is 52.1 Å². The Balaban J connectivity index is 3.02. The molecule has 0 aromatic rings. The molecule has 0 atom stereocenters. The minimum atomic E-state index is 0.506. The maximum atomic E-state index is 5.58. The molecule has 0 unspecified atom stereocenters. The highest BCUT2D eigenvalue weighted by molar-refractivity contribution is 4.48. The summed E-state index contributed by atoms with van der Waals surface area (Å²) in [7, 11) is 0. The van der Waals surface area contributed by atoms with Crippen molar-refractivity contribution in [2.24, 2.45) is 0 Å². The molecule has 0 aromatic carbocycles. The third-order valence-electron chi connectivity index (χ3n) is 5.45. The first-order valence-corrected chi connectivity index (χ1v) is 15.4. The number of rotatable bonds is 38. The van der Waals surface area contributed by atoms with Crippen molar-refractivity contribution in [2.75, 3.05) is 139 Å². The molecule has 0 aliphatic carbocycles. The molecule has 0 fully saturated rings. The third kappa shape index (κ3) is 39.1. The Bertz CT molecular complexity index is 472. The monoisotopic (exact) mass is 596 g/mol. The second-order valence-corrected chi connectivity index (χ2v) is 8.93. The molecule has 0 saturated heterocycles. The Morgan fingerprint density at radius 3 is 0.854 bits per heavy atom. The van der Waals surface area contributed by atoms with Crippen LogP contribution in [0.2, 0.25) is 0 Å². The Hall–Kier alpha value is -0.860. The lowest BCUT2D eigenvalue weighted by Gasteiger charge is -2.09. The lowest BCUT2D eigenvalue weighted by atomic mass is 10.1. The summed E-state index contributed by atoms with van der Waals surface area (Å²) in [6.07, 6.45) is 9.09. The molecule has 0 amide bonds. The summed E-state index contributed by atoms with van der Waals surface area (Å²) in [5.74, 6) is 0. The molecule has 0 heterocycles. The Labute approximate surface area is 249 Å². The van der Waals surface area contributed by atoms with Crippen molar-refractivity contribution in [1.29, 1.82) is 0 Å². The second-order valence-electron chi connectivity index (χ2n) is 8.93. The first-order valence-electron chi connectivity index (χ1n) is 15.4. The molecule has 0 aliphatic rings. The zero-order chi connectivity index (χ0) is 29.6. The highest BCUT2D eigenvalue weighted by Gasteiger charge is 1.96. The zero-order valence-corrected chi connectivity index (χ0v) is 25.9. The smallest absolute Gasteiger partial charge is 0.111 e. The fraction of sp³-hybridized carbons (Fsp3) is 0.933. The SMILES string of the molecule is C=COCCOCCOCCOCCOCCOCCOCCOCCOCCOCCOCCCCCCCC. The van der Waals surface area contributed by atoms with E-state index >= 15 is 0 Å². The van der Waals surface area contributed by atoms with Crippen LogP contribution in [0.4, 0.5) is 0 Å². The number of ether oxygens (including phenoxy) is 11. The van der Waals surface area contributed by atoms with E-state index in [0.717, 1.165) is 13.0 Å². The predicted octanol–water partition coefficient (Wildman–Crippen LogP) is 3.67. The van der Waals surface area contributed by atoms with Gasteiger partial charge in [-0.15, -0.1) is 0 Å². The van der Waals surface area contributed by atoms with Crippen LogP contribution < -0.4 is 0 Å². The third-order valence-corrected chi connectivity index (χ3v) is 5.45. The Morgan fingerprint density at radius 2 is 0.561 bits per heavy atom. The van der Waals surface area contributed by atoms with Gasteiger partial charge in [0.15, 0.2) is 0 Å². The van der Waals surface area contributed by atoms with Crippen LogP contribution in [0.15, 0.2) is 12.8 Å². The number of hydrogen-bond acceptors (Lipinski definition) is 11. The van der Waals surface area contributed by atoms with Crippen molar-refractivity contribution in [1.82, 2.24) is 0 Å².